The molecule has 2 amide bonds. The minimum atomic E-state index is -0.335. The molecule has 1 unspecified atom stereocenters. The fraction of sp³-hybridized carbons (Fsp3) is 0.474. The maximum atomic E-state index is 13.8. The number of piperazine rings is 1. The van der Waals surface area contributed by atoms with E-state index in [0.717, 1.165) is 12.8 Å². The van der Waals surface area contributed by atoms with Crippen LogP contribution in [0.15, 0.2) is 24.3 Å². The fourth-order valence-corrected chi connectivity index (χ4v) is 3.43. The lowest BCUT2D eigenvalue weighted by Gasteiger charge is -2.37. The Morgan fingerprint density at radius 2 is 1.96 bits per heavy atom. The zero-order valence-electron chi connectivity index (χ0n) is 14.8. The van der Waals surface area contributed by atoms with E-state index in [1.165, 1.54) is 6.07 Å². The molecule has 4 rings (SSSR count). The first kappa shape index (κ1) is 17.0. The molecule has 2 aromatic rings. The molecule has 1 saturated carbocycles. The third-order valence-electron chi connectivity index (χ3n) is 5.29. The van der Waals surface area contributed by atoms with Gasteiger partial charge in [0.25, 0.3) is 5.91 Å². The Balaban J connectivity index is 1.38. The van der Waals surface area contributed by atoms with Gasteiger partial charge in [-0.1, -0.05) is 6.07 Å². The highest BCUT2D eigenvalue weighted by Gasteiger charge is 2.31. The van der Waals surface area contributed by atoms with Crippen LogP contribution in [0.2, 0.25) is 0 Å². The molecule has 6 nitrogen and oxygen atoms in total. The van der Waals surface area contributed by atoms with E-state index in [1.807, 2.05) is 6.92 Å². The van der Waals surface area contributed by atoms with Gasteiger partial charge >= 0.3 is 0 Å². The van der Waals surface area contributed by atoms with E-state index >= 15 is 0 Å². The normalized spacial score (nSPS) is 19.5. The highest BCUT2D eigenvalue weighted by Crippen LogP contribution is 2.21. The van der Waals surface area contributed by atoms with Crippen molar-refractivity contribution in [1.29, 1.82) is 0 Å². The van der Waals surface area contributed by atoms with Crippen molar-refractivity contribution in [2.45, 2.75) is 31.8 Å². The number of carbonyl (C=O) groups excluding carboxylic acids is 2. The standard InChI is InChI=1S/C19H23FN4O2/c1-12(18(25)21-13-5-6-13)23-7-9-24(10-8-23)19(26)17-11-14-15(20)3-2-4-16(14)22-17/h2-4,11-13,22H,5-10H2,1H3,(H,21,25). The van der Waals surface area contributed by atoms with Crippen LogP contribution in [0.25, 0.3) is 10.9 Å². The Morgan fingerprint density at radius 3 is 2.62 bits per heavy atom. The number of halogens is 1. The minimum Gasteiger partial charge on any atom is -0.352 e. The quantitative estimate of drug-likeness (QED) is 0.875. The predicted octanol–water partition coefficient (Wildman–Crippen LogP) is 1.73. The topological polar surface area (TPSA) is 68.4 Å². The van der Waals surface area contributed by atoms with Crippen LogP contribution in [0.1, 0.15) is 30.3 Å². The van der Waals surface area contributed by atoms with Gasteiger partial charge < -0.3 is 15.2 Å². The minimum absolute atomic E-state index is 0.0679. The first-order chi connectivity index (χ1) is 12.5. The number of hydrogen-bond acceptors (Lipinski definition) is 3. The van der Waals surface area contributed by atoms with Crippen molar-refractivity contribution in [2.75, 3.05) is 26.2 Å². The number of amides is 2. The first-order valence-electron chi connectivity index (χ1n) is 9.14. The van der Waals surface area contributed by atoms with E-state index in [2.05, 4.69) is 15.2 Å². The van der Waals surface area contributed by atoms with Crippen molar-refractivity contribution in [1.82, 2.24) is 20.1 Å². The summed E-state index contributed by atoms with van der Waals surface area (Å²) >= 11 is 0. The smallest absolute Gasteiger partial charge is 0.270 e. The average molecular weight is 358 g/mol. The Morgan fingerprint density at radius 1 is 1.23 bits per heavy atom. The molecule has 1 aromatic heterocycles. The van der Waals surface area contributed by atoms with Crippen LogP contribution in [0, 0.1) is 5.82 Å². The van der Waals surface area contributed by atoms with Gasteiger partial charge in [-0.2, -0.15) is 0 Å². The van der Waals surface area contributed by atoms with Crippen molar-refractivity contribution >= 4 is 22.7 Å². The maximum absolute atomic E-state index is 13.8. The number of aromatic amines is 1. The van der Waals surface area contributed by atoms with E-state index in [9.17, 15) is 14.0 Å². The second-order valence-electron chi connectivity index (χ2n) is 7.17. The summed E-state index contributed by atoms with van der Waals surface area (Å²) in [5.74, 6) is -0.396. The maximum Gasteiger partial charge on any atom is 0.270 e. The molecule has 138 valence electrons. The molecular weight excluding hydrogens is 335 g/mol. The number of aromatic nitrogens is 1. The second-order valence-corrected chi connectivity index (χ2v) is 7.17. The van der Waals surface area contributed by atoms with Gasteiger partial charge in [0.1, 0.15) is 11.5 Å². The molecule has 0 radical (unpaired) electrons. The van der Waals surface area contributed by atoms with Crippen LogP contribution in [-0.4, -0.2) is 64.9 Å². The van der Waals surface area contributed by atoms with Gasteiger partial charge in [0.15, 0.2) is 0 Å². The van der Waals surface area contributed by atoms with E-state index in [0.29, 0.717) is 48.8 Å². The molecule has 7 heteroatoms. The zero-order valence-corrected chi connectivity index (χ0v) is 14.8. The molecule has 2 aliphatic rings. The molecular formula is C19H23FN4O2. The van der Waals surface area contributed by atoms with Gasteiger partial charge in [0.2, 0.25) is 5.91 Å². The van der Waals surface area contributed by atoms with Crippen LogP contribution in [-0.2, 0) is 4.79 Å². The highest BCUT2D eigenvalue weighted by atomic mass is 19.1. The molecule has 0 bridgehead atoms. The number of hydrogen-bond donors (Lipinski definition) is 2. The second kappa shape index (κ2) is 6.72. The fourth-order valence-electron chi connectivity index (χ4n) is 3.43. The van der Waals surface area contributed by atoms with Crippen molar-refractivity contribution in [3.05, 3.63) is 35.8 Å². The van der Waals surface area contributed by atoms with Gasteiger partial charge in [0.05, 0.1) is 6.04 Å². The van der Waals surface area contributed by atoms with Crippen LogP contribution in [0.5, 0.6) is 0 Å². The molecule has 1 atom stereocenters. The van der Waals surface area contributed by atoms with Gasteiger partial charge in [-0.3, -0.25) is 14.5 Å². The van der Waals surface area contributed by atoms with E-state index in [1.54, 1.807) is 23.1 Å². The largest absolute Gasteiger partial charge is 0.352 e. The van der Waals surface area contributed by atoms with Crippen molar-refractivity contribution in [3.8, 4) is 0 Å². The summed E-state index contributed by atoms with van der Waals surface area (Å²) in [5, 5.41) is 3.46. The lowest BCUT2D eigenvalue weighted by Crippen LogP contribution is -2.55. The molecule has 1 saturated heterocycles. The van der Waals surface area contributed by atoms with E-state index in [4.69, 9.17) is 0 Å². The zero-order chi connectivity index (χ0) is 18.3. The Labute approximate surface area is 151 Å². The van der Waals surface area contributed by atoms with Gasteiger partial charge in [0, 0.05) is 43.1 Å². The molecule has 2 heterocycles. The number of nitrogens with zero attached hydrogens (tertiary/aromatic N) is 2. The molecule has 1 aromatic carbocycles. The van der Waals surface area contributed by atoms with E-state index < -0.39 is 0 Å². The van der Waals surface area contributed by atoms with Crippen molar-refractivity contribution in [3.63, 3.8) is 0 Å². The van der Waals surface area contributed by atoms with Crippen molar-refractivity contribution in [2.24, 2.45) is 0 Å². The Bertz CT molecular complexity index is 837. The number of fused-ring (bicyclic) bond motifs is 1. The molecule has 1 aliphatic carbocycles. The molecule has 2 N–H and O–H groups in total. The molecule has 1 aliphatic heterocycles. The van der Waals surface area contributed by atoms with Gasteiger partial charge in [-0.25, -0.2) is 4.39 Å². The summed E-state index contributed by atoms with van der Waals surface area (Å²) in [6, 6.07) is 6.51. The summed E-state index contributed by atoms with van der Waals surface area (Å²) in [5.41, 5.74) is 1.02. The van der Waals surface area contributed by atoms with Crippen LogP contribution in [0.3, 0.4) is 0 Å². The number of H-pyrrole nitrogens is 1. The molecule has 2 fully saturated rings. The average Bonchev–Trinajstić information content (AvgIpc) is 3.35. The SMILES string of the molecule is CC(C(=O)NC1CC1)N1CCN(C(=O)c2cc3c(F)cccc3[nH]2)CC1. The Kier molecular flexibility index (Phi) is 4.40. The number of nitrogens with one attached hydrogen (secondary N) is 2. The predicted molar refractivity (Wildman–Crippen MR) is 96.4 cm³/mol. The first-order valence-corrected chi connectivity index (χ1v) is 9.14. The van der Waals surface area contributed by atoms with Crippen molar-refractivity contribution < 1.29 is 14.0 Å². The number of rotatable bonds is 4. The van der Waals surface area contributed by atoms with E-state index in [-0.39, 0.29) is 23.7 Å². The summed E-state index contributed by atoms with van der Waals surface area (Å²) in [7, 11) is 0. The van der Waals surface area contributed by atoms with Crippen LogP contribution >= 0.6 is 0 Å². The van der Waals surface area contributed by atoms with Gasteiger partial charge in [-0.15, -0.1) is 0 Å². The summed E-state index contributed by atoms with van der Waals surface area (Å²) in [4.78, 5) is 31.8. The number of benzene rings is 1. The molecule has 0 spiro atoms. The lowest BCUT2D eigenvalue weighted by molar-refractivity contribution is -0.126. The highest BCUT2D eigenvalue weighted by molar-refractivity contribution is 5.98. The summed E-state index contributed by atoms with van der Waals surface area (Å²) in [6.45, 7) is 4.32. The number of carbonyl (C=O) groups is 2. The third-order valence-corrected chi connectivity index (χ3v) is 5.29. The third kappa shape index (κ3) is 3.31. The summed E-state index contributed by atoms with van der Waals surface area (Å²) < 4.78 is 13.8. The monoisotopic (exact) mass is 358 g/mol. The molecule has 26 heavy (non-hydrogen) atoms. The van der Waals surface area contributed by atoms with Gasteiger partial charge in [-0.05, 0) is 38.0 Å². The van der Waals surface area contributed by atoms with Crippen LogP contribution in [0.4, 0.5) is 4.39 Å². The lowest BCUT2D eigenvalue weighted by atomic mass is 10.2. The van der Waals surface area contributed by atoms with Crippen LogP contribution < -0.4 is 5.32 Å². The summed E-state index contributed by atoms with van der Waals surface area (Å²) in [6.07, 6.45) is 2.15. The Hall–Kier alpha value is -2.41.